The molecule has 2 amide bonds. The number of carbonyl (C=O) groups excluding carboxylic acids is 1. The van der Waals surface area contributed by atoms with Gasteiger partial charge in [0.05, 0.1) is 0 Å². The molecule has 0 spiro atoms. The van der Waals surface area contributed by atoms with E-state index in [-0.39, 0.29) is 12.1 Å². The molecule has 1 aliphatic rings. The second-order valence-electron chi connectivity index (χ2n) is 5.72. The molecule has 0 aliphatic carbocycles. The van der Waals surface area contributed by atoms with Crippen LogP contribution in [-0.2, 0) is 0 Å². The molecular formula is C18H20ClN3O. The van der Waals surface area contributed by atoms with E-state index in [2.05, 4.69) is 28.1 Å². The third-order valence-electron chi connectivity index (χ3n) is 4.13. The summed E-state index contributed by atoms with van der Waals surface area (Å²) in [5.74, 6) is 0.327. The van der Waals surface area contributed by atoms with Crippen molar-refractivity contribution < 1.29 is 4.79 Å². The molecule has 0 aromatic heterocycles. The Morgan fingerprint density at radius 3 is 2.57 bits per heavy atom. The molecular weight excluding hydrogens is 310 g/mol. The molecule has 4 nitrogen and oxygen atoms in total. The van der Waals surface area contributed by atoms with Gasteiger partial charge in [-0.15, -0.1) is 0 Å². The van der Waals surface area contributed by atoms with Crippen LogP contribution in [0.2, 0.25) is 5.02 Å². The molecule has 1 saturated heterocycles. The number of anilines is 1. The minimum absolute atomic E-state index is 0.0680. The van der Waals surface area contributed by atoms with Crippen molar-refractivity contribution in [1.82, 2.24) is 10.6 Å². The van der Waals surface area contributed by atoms with Crippen LogP contribution in [0.4, 0.5) is 10.5 Å². The Bertz CT molecular complexity index is 645. The fraction of sp³-hybridized carbons (Fsp3) is 0.278. The predicted octanol–water partition coefficient (Wildman–Crippen LogP) is 3.61. The number of carbonyl (C=O) groups is 1. The molecule has 5 heteroatoms. The zero-order valence-electron chi connectivity index (χ0n) is 12.8. The third-order valence-corrected chi connectivity index (χ3v) is 4.38. The maximum atomic E-state index is 12.3. The first-order valence-electron chi connectivity index (χ1n) is 7.81. The van der Waals surface area contributed by atoms with Crippen LogP contribution in [0.15, 0.2) is 54.6 Å². The first-order valence-corrected chi connectivity index (χ1v) is 8.19. The molecule has 3 rings (SSSR count). The summed E-state index contributed by atoms with van der Waals surface area (Å²) in [5, 5.41) is 9.94. The number of hydrogen-bond acceptors (Lipinski definition) is 2. The molecule has 3 N–H and O–H groups in total. The van der Waals surface area contributed by atoms with Crippen molar-refractivity contribution in [2.75, 3.05) is 18.4 Å². The average molecular weight is 330 g/mol. The van der Waals surface area contributed by atoms with E-state index in [0.717, 1.165) is 25.2 Å². The molecule has 2 aromatic carbocycles. The van der Waals surface area contributed by atoms with Gasteiger partial charge in [-0.25, -0.2) is 4.79 Å². The zero-order valence-corrected chi connectivity index (χ0v) is 13.5. The van der Waals surface area contributed by atoms with E-state index >= 15 is 0 Å². The summed E-state index contributed by atoms with van der Waals surface area (Å²) < 4.78 is 0. The highest BCUT2D eigenvalue weighted by molar-refractivity contribution is 6.30. The van der Waals surface area contributed by atoms with Crippen LogP contribution < -0.4 is 16.0 Å². The number of piperidine rings is 1. The van der Waals surface area contributed by atoms with Crippen LogP contribution in [-0.4, -0.2) is 25.2 Å². The van der Waals surface area contributed by atoms with E-state index in [4.69, 9.17) is 11.6 Å². The number of urea groups is 1. The second-order valence-corrected chi connectivity index (χ2v) is 6.16. The van der Waals surface area contributed by atoms with Crippen molar-refractivity contribution in [1.29, 1.82) is 0 Å². The number of amides is 2. The number of benzene rings is 2. The number of halogens is 1. The lowest BCUT2D eigenvalue weighted by molar-refractivity contribution is 0.242. The highest BCUT2D eigenvalue weighted by Crippen LogP contribution is 2.25. The van der Waals surface area contributed by atoms with Crippen LogP contribution in [0, 0.1) is 0 Å². The molecule has 1 fully saturated rings. The van der Waals surface area contributed by atoms with Crippen LogP contribution >= 0.6 is 11.6 Å². The van der Waals surface area contributed by atoms with Gasteiger partial charge in [-0.05, 0) is 42.8 Å². The minimum atomic E-state index is -0.193. The van der Waals surface area contributed by atoms with Gasteiger partial charge in [-0.1, -0.05) is 41.9 Å². The predicted molar refractivity (Wildman–Crippen MR) is 94.1 cm³/mol. The van der Waals surface area contributed by atoms with Gasteiger partial charge in [0.15, 0.2) is 0 Å². The highest BCUT2D eigenvalue weighted by Gasteiger charge is 2.27. The highest BCUT2D eigenvalue weighted by atomic mass is 35.5. The summed E-state index contributed by atoms with van der Waals surface area (Å²) in [5.41, 5.74) is 2.00. The standard InChI is InChI=1S/C18H20ClN3O/c19-14-6-8-15(9-7-14)21-18(23)22-17-12-20-11-10-16(17)13-4-2-1-3-5-13/h1-9,16-17,20H,10-12H2,(H2,21,22,23)/t16-,17+/m0/s1. The van der Waals surface area contributed by atoms with Gasteiger partial charge in [-0.2, -0.15) is 0 Å². The average Bonchev–Trinajstić information content (AvgIpc) is 2.58. The van der Waals surface area contributed by atoms with Crippen LogP contribution in [0.5, 0.6) is 0 Å². The minimum Gasteiger partial charge on any atom is -0.333 e. The molecule has 0 unspecified atom stereocenters. The van der Waals surface area contributed by atoms with Gasteiger partial charge in [0, 0.05) is 29.2 Å². The molecule has 0 bridgehead atoms. The maximum absolute atomic E-state index is 12.3. The Balaban J connectivity index is 1.64. The van der Waals surface area contributed by atoms with E-state index in [1.54, 1.807) is 24.3 Å². The summed E-state index contributed by atoms with van der Waals surface area (Å²) in [6.07, 6.45) is 1.01. The Morgan fingerprint density at radius 1 is 1.09 bits per heavy atom. The summed E-state index contributed by atoms with van der Waals surface area (Å²) in [4.78, 5) is 12.3. The van der Waals surface area contributed by atoms with Gasteiger partial charge in [0.1, 0.15) is 0 Å². The van der Waals surface area contributed by atoms with Crippen LogP contribution in [0.1, 0.15) is 17.9 Å². The maximum Gasteiger partial charge on any atom is 0.319 e. The van der Waals surface area contributed by atoms with Gasteiger partial charge in [0.25, 0.3) is 0 Å². The van der Waals surface area contributed by atoms with E-state index < -0.39 is 0 Å². The third kappa shape index (κ3) is 4.24. The van der Waals surface area contributed by atoms with E-state index in [1.165, 1.54) is 5.56 Å². The van der Waals surface area contributed by atoms with Crippen molar-refractivity contribution >= 4 is 23.3 Å². The molecule has 0 saturated carbocycles. The van der Waals surface area contributed by atoms with E-state index in [1.807, 2.05) is 18.2 Å². The summed E-state index contributed by atoms with van der Waals surface area (Å²) in [6, 6.07) is 17.3. The lowest BCUT2D eigenvalue weighted by Gasteiger charge is -2.33. The largest absolute Gasteiger partial charge is 0.333 e. The lowest BCUT2D eigenvalue weighted by atomic mass is 9.86. The first kappa shape index (κ1) is 15.8. The summed E-state index contributed by atoms with van der Waals surface area (Å²) in [7, 11) is 0. The van der Waals surface area contributed by atoms with E-state index in [0.29, 0.717) is 10.9 Å². The zero-order chi connectivity index (χ0) is 16.1. The second kappa shape index (κ2) is 7.49. The number of hydrogen-bond donors (Lipinski definition) is 3. The lowest BCUT2D eigenvalue weighted by Crippen LogP contribution is -2.51. The van der Waals surface area contributed by atoms with Gasteiger partial charge in [0.2, 0.25) is 0 Å². The Morgan fingerprint density at radius 2 is 1.83 bits per heavy atom. The molecule has 23 heavy (non-hydrogen) atoms. The molecule has 0 radical (unpaired) electrons. The summed E-state index contributed by atoms with van der Waals surface area (Å²) >= 11 is 5.85. The number of rotatable bonds is 3. The SMILES string of the molecule is O=C(Nc1ccc(Cl)cc1)N[C@@H]1CNCC[C@H]1c1ccccc1. The van der Waals surface area contributed by atoms with Crippen molar-refractivity contribution in [2.45, 2.75) is 18.4 Å². The van der Waals surface area contributed by atoms with Gasteiger partial charge in [-0.3, -0.25) is 0 Å². The van der Waals surface area contributed by atoms with Gasteiger partial charge < -0.3 is 16.0 Å². The monoisotopic (exact) mass is 329 g/mol. The molecule has 1 aliphatic heterocycles. The van der Waals surface area contributed by atoms with Gasteiger partial charge >= 0.3 is 6.03 Å². The first-order chi connectivity index (χ1) is 11.2. The smallest absolute Gasteiger partial charge is 0.319 e. The Kier molecular flexibility index (Phi) is 5.16. The number of nitrogens with one attached hydrogen (secondary N) is 3. The Labute approximate surface area is 141 Å². The van der Waals surface area contributed by atoms with Crippen LogP contribution in [0.25, 0.3) is 0 Å². The molecule has 2 aromatic rings. The topological polar surface area (TPSA) is 53.2 Å². The fourth-order valence-electron chi connectivity index (χ4n) is 2.98. The van der Waals surface area contributed by atoms with Crippen LogP contribution in [0.3, 0.4) is 0 Å². The van der Waals surface area contributed by atoms with Crippen molar-refractivity contribution in [2.24, 2.45) is 0 Å². The van der Waals surface area contributed by atoms with Crippen molar-refractivity contribution in [3.8, 4) is 0 Å². The quantitative estimate of drug-likeness (QED) is 0.805. The van der Waals surface area contributed by atoms with Crippen molar-refractivity contribution in [3.05, 3.63) is 65.2 Å². The van der Waals surface area contributed by atoms with Crippen molar-refractivity contribution in [3.63, 3.8) is 0 Å². The molecule has 2 atom stereocenters. The normalized spacial score (nSPS) is 20.7. The molecule has 120 valence electrons. The van der Waals surface area contributed by atoms with E-state index in [9.17, 15) is 4.79 Å². The summed E-state index contributed by atoms with van der Waals surface area (Å²) in [6.45, 7) is 1.74. The Hall–Kier alpha value is -2.04. The fourth-order valence-corrected chi connectivity index (χ4v) is 3.10. The molecule has 1 heterocycles.